The van der Waals surface area contributed by atoms with E-state index >= 15 is 0 Å². The Bertz CT molecular complexity index is 505. The maximum Gasteiger partial charge on any atom is 0.126 e. The van der Waals surface area contributed by atoms with Crippen molar-refractivity contribution in [2.45, 2.75) is 13.5 Å². The number of anilines is 2. The molecular formula is C15H19N3. The van der Waals surface area contributed by atoms with Crippen LogP contribution in [0.5, 0.6) is 0 Å². The molecule has 0 aliphatic rings. The summed E-state index contributed by atoms with van der Waals surface area (Å²) in [5.74, 6) is 0.907. The SMILES string of the molecule is CNc1cccc(CN(C)c2ccc(C)cc2)n1. The molecule has 0 aliphatic heterocycles. The molecule has 18 heavy (non-hydrogen) atoms. The van der Waals surface area contributed by atoms with E-state index < -0.39 is 0 Å². The summed E-state index contributed by atoms with van der Waals surface area (Å²) >= 11 is 0. The van der Waals surface area contributed by atoms with Gasteiger partial charge in [-0.2, -0.15) is 0 Å². The first-order valence-corrected chi connectivity index (χ1v) is 6.10. The normalized spacial score (nSPS) is 10.2. The lowest BCUT2D eigenvalue weighted by molar-refractivity contribution is 0.886. The molecule has 0 amide bonds. The average molecular weight is 241 g/mol. The van der Waals surface area contributed by atoms with Crippen LogP contribution in [0.1, 0.15) is 11.3 Å². The van der Waals surface area contributed by atoms with Gasteiger partial charge in [-0.25, -0.2) is 4.98 Å². The number of hydrogen-bond donors (Lipinski definition) is 1. The molecule has 1 heterocycles. The van der Waals surface area contributed by atoms with Gasteiger partial charge in [0.1, 0.15) is 5.82 Å². The number of pyridine rings is 1. The van der Waals surface area contributed by atoms with E-state index in [0.717, 1.165) is 18.1 Å². The van der Waals surface area contributed by atoms with Crippen LogP contribution in [-0.2, 0) is 6.54 Å². The van der Waals surface area contributed by atoms with Crippen molar-refractivity contribution < 1.29 is 0 Å². The van der Waals surface area contributed by atoms with E-state index in [1.165, 1.54) is 11.3 Å². The predicted octanol–water partition coefficient (Wildman–Crippen LogP) is 3.07. The lowest BCUT2D eigenvalue weighted by atomic mass is 10.2. The lowest BCUT2D eigenvalue weighted by Gasteiger charge is -2.19. The molecule has 3 nitrogen and oxygen atoms in total. The molecule has 0 radical (unpaired) electrons. The Balaban J connectivity index is 2.10. The van der Waals surface area contributed by atoms with E-state index in [1.807, 2.05) is 25.2 Å². The van der Waals surface area contributed by atoms with E-state index in [9.17, 15) is 0 Å². The second kappa shape index (κ2) is 5.54. The number of rotatable bonds is 4. The highest BCUT2D eigenvalue weighted by Gasteiger charge is 2.03. The second-order valence-corrected chi connectivity index (χ2v) is 4.46. The molecule has 1 aromatic heterocycles. The van der Waals surface area contributed by atoms with Gasteiger partial charge >= 0.3 is 0 Å². The molecule has 0 bridgehead atoms. The van der Waals surface area contributed by atoms with Crippen LogP contribution >= 0.6 is 0 Å². The van der Waals surface area contributed by atoms with Gasteiger partial charge in [0.25, 0.3) is 0 Å². The molecule has 1 aromatic carbocycles. The predicted molar refractivity (Wildman–Crippen MR) is 77.1 cm³/mol. The first-order chi connectivity index (χ1) is 8.69. The first-order valence-electron chi connectivity index (χ1n) is 6.10. The Labute approximate surface area is 108 Å². The fourth-order valence-electron chi connectivity index (χ4n) is 1.84. The van der Waals surface area contributed by atoms with Gasteiger partial charge in [-0.3, -0.25) is 0 Å². The maximum atomic E-state index is 4.52. The summed E-state index contributed by atoms with van der Waals surface area (Å²) in [6, 6.07) is 14.6. The van der Waals surface area contributed by atoms with E-state index in [-0.39, 0.29) is 0 Å². The minimum Gasteiger partial charge on any atom is -0.373 e. The average Bonchev–Trinajstić information content (AvgIpc) is 2.39. The summed E-state index contributed by atoms with van der Waals surface area (Å²) < 4.78 is 0. The Morgan fingerprint density at radius 1 is 1.11 bits per heavy atom. The van der Waals surface area contributed by atoms with E-state index in [0.29, 0.717) is 0 Å². The van der Waals surface area contributed by atoms with Crippen molar-refractivity contribution in [3.63, 3.8) is 0 Å². The Hall–Kier alpha value is -2.03. The van der Waals surface area contributed by atoms with Crippen LogP contribution in [0, 0.1) is 6.92 Å². The maximum absolute atomic E-state index is 4.52. The minimum atomic E-state index is 0.804. The van der Waals surface area contributed by atoms with Crippen molar-refractivity contribution in [2.75, 3.05) is 24.3 Å². The summed E-state index contributed by atoms with van der Waals surface area (Å²) in [4.78, 5) is 6.72. The number of aryl methyl sites for hydroxylation is 1. The molecule has 3 heteroatoms. The van der Waals surface area contributed by atoms with Gasteiger partial charge in [0.05, 0.1) is 12.2 Å². The van der Waals surface area contributed by atoms with Gasteiger partial charge in [-0.1, -0.05) is 23.8 Å². The Kier molecular flexibility index (Phi) is 3.82. The molecule has 0 aliphatic carbocycles. The van der Waals surface area contributed by atoms with Crippen LogP contribution in [0.2, 0.25) is 0 Å². The molecule has 0 spiro atoms. The molecule has 2 aromatic rings. The van der Waals surface area contributed by atoms with Crippen LogP contribution in [0.4, 0.5) is 11.5 Å². The zero-order chi connectivity index (χ0) is 13.0. The monoisotopic (exact) mass is 241 g/mol. The molecule has 0 saturated carbocycles. The van der Waals surface area contributed by atoms with Crippen LogP contribution in [-0.4, -0.2) is 19.1 Å². The summed E-state index contributed by atoms with van der Waals surface area (Å²) in [5, 5.41) is 3.06. The quantitative estimate of drug-likeness (QED) is 0.891. The third kappa shape index (κ3) is 3.00. The van der Waals surface area contributed by atoms with Crippen LogP contribution in [0.25, 0.3) is 0 Å². The minimum absolute atomic E-state index is 0.804. The van der Waals surface area contributed by atoms with Gasteiger partial charge in [0, 0.05) is 19.8 Å². The van der Waals surface area contributed by atoms with Gasteiger partial charge in [0.15, 0.2) is 0 Å². The van der Waals surface area contributed by atoms with Gasteiger partial charge in [-0.05, 0) is 31.2 Å². The van der Waals surface area contributed by atoms with E-state index in [1.54, 1.807) is 0 Å². The Morgan fingerprint density at radius 3 is 2.50 bits per heavy atom. The third-order valence-corrected chi connectivity index (χ3v) is 2.94. The summed E-state index contributed by atoms with van der Waals surface area (Å²) in [6.45, 7) is 2.90. The van der Waals surface area contributed by atoms with Crippen molar-refractivity contribution >= 4 is 11.5 Å². The molecule has 0 atom stereocenters. The molecule has 0 unspecified atom stereocenters. The van der Waals surface area contributed by atoms with Gasteiger partial charge in [0.2, 0.25) is 0 Å². The van der Waals surface area contributed by atoms with Crippen LogP contribution in [0.3, 0.4) is 0 Å². The first kappa shape index (κ1) is 12.4. The standard InChI is InChI=1S/C15H19N3/c1-12-7-9-14(10-8-12)18(3)11-13-5-4-6-15(16-2)17-13/h4-10H,11H2,1-3H3,(H,16,17). The topological polar surface area (TPSA) is 28.2 Å². The lowest BCUT2D eigenvalue weighted by Crippen LogP contribution is -2.17. The van der Waals surface area contributed by atoms with Crippen molar-refractivity contribution in [3.8, 4) is 0 Å². The van der Waals surface area contributed by atoms with Crippen molar-refractivity contribution in [3.05, 3.63) is 53.7 Å². The third-order valence-electron chi connectivity index (χ3n) is 2.94. The Morgan fingerprint density at radius 2 is 1.83 bits per heavy atom. The highest BCUT2D eigenvalue weighted by Crippen LogP contribution is 2.16. The van der Waals surface area contributed by atoms with Crippen molar-refractivity contribution in [2.24, 2.45) is 0 Å². The molecule has 0 fully saturated rings. The molecule has 0 saturated heterocycles. The second-order valence-electron chi connectivity index (χ2n) is 4.46. The van der Waals surface area contributed by atoms with E-state index in [2.05, 4.69) is 53.4 Å². The fraction of sp³-hybridized carbons (Fsp3) is 0.267. The fourth-order valence-corrected chi connectivity index (χ4v) is 1.84. The van der Waals surface area contributed by atoms with Gasteiger partial charge in [-0.15, -0.1) is 0 Å². The number of benzene rings is 1. The zero-order valence-electron chi connectivity index (χ0n) is 11.1. The zero-order valence-corrected chi connectivity index (χ0v) is 11.1. The summed E-state index contributed by atoms with van der Waals surface area (Å²) in [5.41, 5.74) is 3.55. The molecule has 94 valence electrons. The van der Waals surface area contributed by atoms with Gasteiger partial charge < -0.3 is 10.2 Å². The largest absolute Gasteiger partial charge is 0.373 e. The molecule has 1 N–H and O–H groups in total. The highest BCUT2D eigenvalue weighted by molar-refractivity contribution is 5.47. The number of hydrogen-bond acceptors (Lipinski definition) is 3. The van der Waals surface area contributed by atoms with Crippen molar-refractivity contribution in [1.29, 1.82) is 0 Å². The summed E-state index contributed by atoms with van der Waals surface area (Å²) in [7, 11) is 3.97. The smallest absolute Gasteiger partial charge is 0.126 e. The molecule has 2 rings (SSSR count). The van der Waals surface area contributed by atoms with Crippen LogP contribution in [0.15, 0.2) is 42.5 Å². The van der Waals surface area contributed by atoms with Crippen molar-refractivity contribution in [1.82, 2.24) is 4.98 Å². The number of nitrogens with zero attached hydrogens (tertiary/aromatic N) is 2. The summed E-state index contributed by atoms with van der Waals surface area (Å²) in [6.07, 6.45) is 0. The number of nitrogens with one attached hydrogen (secondary N) is 1. The molecular weight excluding hydrogens is 222 g/mol. The highest BCUT2D eigenvalue weighted by atomic mass is 15.1. The van der Waals surface area contributed by atoms with E-state index in [4.69, 9.17) is 0 Å². The van der Waals surface area contributed by atoms with Crippen LogP contribution < -0.4 is 10.2 Å². The number of aromatic nitrogens is 1.